The van der Waals surface area contributed by atoms with Gasteiger partial charge in [-0.3, -0.25) is 14.5 Å². The number of ketones is 1. The van der Waals surface area contributed by atoms with Gasteiger partial charge in [0.15, 0.2) is 11.6 Å². The van der Waals surface area contributed by atoms with Crippen LogP contribution in [0.2, 0.25) is 0 Å². The van der Waals surface area contributed by atoms with Crippen LogP contribution in [0.5, 0.6) is 0 Å². The van der Waals surface area contributed by atoms with Crippen molar-refractivity contribution in [3.05, 3.63) is 35.9 Å². The van der Waals surface area contributed by atoms with E-state index in [9.17, 15) is 9.59 Å². The zero-order valence-electron chi connectivity index (χ0n) is 16.7. The molecule has 2 aliphatic heterocycles. The molecule has 2 saturated heterocycles. The smallest absolute Gasteiger partial charge is 0.318 e. The van der Waals surface area contributed by atoms with Gasteiger partial charge in [0.05, 0.1) is 19.2 Å². The lowest BCUT2D eigenvalue weighted by Crippen LogP contribution is -2.47. The second kappa shape index (κ2) is 7.34. The number of carbonyl (C=O) groups excluding carboxylic acids is 2. The quantitative estimate of drug-likeness (QED) is 0.595. The Hall–Kier alpha value is -1.76. The van der Waals surface area contributed by atoms with Gasteiger partial charge in [-0.1, -0.05) is 30.3 Å². The van der Waals surface area contributed by atoms with Gasteiger partial charge in [0, 0.05) is 6.54 Å². The molecule has 0 bridgehead atoms. The topological polar surface area (TPSA) is 65.1 Å². The molecule has 2 fully saturated rings. The maximum atomic E-state index is 12.8. The fourth-order valence-electron chi connectivity index (χ4n) is 3.75. The number of esters is 1. The van der Waals surface area contributed by atoms with E-state index in [1.165, 1.54) is 0 Å². The number of hydrogen-bond donors (Lipinski definition) is 0. The number of carbonyl (C=O) groups is 2. The maximum absolute atomic E-state index is 12.8. The molecule has 148 valence electrons. The normalized spacial score (nSPS) is 28.5. The van der Waals surface area contributed by atoms with E-state index in [0.717, 1.165) is 5.56 Å². The lowest BCUT2D eigenvalue weighted by molar-refractivity contribution is -0.168. The maximum Gasteiger partial charge on any atom is 0.318 e. The van der Waals surface area contributed by atoms with Crippen molar-refractivity contribution in [3.8, 4) is 0 Å². The van der Waals surface area contributed by atoms with Crippen LogP contribution in [-0.4, -0.2) is 53.3 Å². The Kier molecular flexibility index (Phi) is 5.43. The SMILES string of the molecule is CC(C)(C)OC(=O)[C@@H]1C(=O)CN(Cc2ccccc2)[C@H]1[C@H]1COC(C)(C)O1. The third kappa shape index (κ3) is 4.75. The van der Waals surface area contributed by atoms with Gasteiger partial charge in [0.25, 0.3) is 0 Å². The highest BCUT2D eigenvalue weighted by Crippen LogP contribution is 2.35. The van der Waals surface area contributed by atoms with Crippen molar-refractivity contribution in [2.24, 2.45) is 5.92 Å². The van der Waals surface area contributed by atoms with E-state index in [1.807, 2.05) is 49.1 Å². The number of likely N-dealkylation sites (tertiary alicyclic amines) is 1. The zero-order valence-corrected chi connectivity index (χ0v) is 16.7. The number of Topliss-reactive ketones (excluding diaryl/α,β-unsaturated/α-hetero) is 1. The molecule has 6 nitrogen and oxygen atoms in total. The fourth-order valence-corrected chi connectivity index (χ4v) is 3.75. The molecule has 1 aromatic carbocycles. The lowest BCUT2D eigenvalue weighted by atomic mass is 9.94. The van der Waals surface area contributed by atoms with E-state index in [1.54, 1.807) is 20.8 Å². The summed E-state index contributed by atoms with van der Waals surface area (Å²) in [5.41, 5.74) is 0.430. The fraction of sp³-hybridized carbons (Fsp3) is 0.619. The predicted molar refractivity (Wildman–Crippen MR) is 99.9 cm³/mol. The first-order valence-electron chi connectivity index (χ1n) is 9.41. The van der Waals surface area contributed by atoms with Gasteiger partial charge in [-0.25, -0.2) is 0 Å². The molecule has 0 radical (unpaired) electrons. The number of hydrogen-bond acceptors (Lipinski definition) is 6. The van der Waals surface area contributed by atoms with E-state index < -0.39 is 29.3 Å². The van der Waals surface area contributed by atoms with Crippen LogP contribution in [0.25, 0.3) is 0 Å². The number of nitrogens with zero attached hydrogens (tertiary/aromatic N) is 1. The lowest BCUT2D eigenvalue weighted by Gasteiger charge is -2.32. The van der Waals surface area contributed by atoms with Crippen LogP contribution in [0.15, 0.2) is 30.3 Å². The summed E-state index contributed by atoms with van der Waals surface area (Å²) in [6, 6.07) is 9.50. The van der Waals surface area contributed by atoms with Crippen LogP contribution in [0.4, 0.5) is 0 Å². The molecule has 3 atom stereocenters. The summed E-state index contributed by atoms with van der Waals surface area (Å²) in [4.78, 5) is 27.6. The summed E-state index contributed by atoms with van der Waals surface area (Å²) in [5, 5.41) is 0. The minimum Gasteiger partial charge on any atom is -0.459 e. The molecule has 0 aromatic heterocycles. The van der Waals surface area contributed by atoms with Crippen LogP contribution in [0.1, 0.15) is 40.2 Å². The highest BCUT2D eigenvalue weighted by atomic mass is 16.7. The van der Waals surface area contributed by atoms with Crippen molar-refractivity contribution >= 4 is 11.8 Å². The molecule has 2 heterocycles. The van der Waals surface area contributed by atoms with Crippen molar-refractivity contribution in [1.82, 2.24) is 4.90 Å². The Morgan fingerprint density at radius 2 is 1.93 bits per heavy atom. The van der Waals surface area contributed by atoms with Crippen molar-refractivity contribution in [2.45, 2.75) is 64.7 Å². The molecular weight excluding hydrogens is 346 g/mol. The van der Waals surface area contributed by atoms with Gasteiger partial charge in [-0.15, -0.1) is 0 Å². The highest BCUT2D eigenvalue weighted by Gasteiger charge is 2.53. The van der Waals surface area contributed by atoms with Crippen LogP contribution >= 0.6 is 0 Å². The van der Waals surface area contributed by atoms with Crippen molar-refractivity contribution in [3.63, 3.8) is 0 Å². The van der Waals surface area contributed by atoms with Crippen LogP contribution < -0.4 is 0 Å². The van der Waals surface area contributed by atoms with E-state index in [2.05, 4.69) is 0 Å². The summed E-state index contributed by atoms with van der Waals surface area (Å²) < 4.78 is 17.3. The molecule has 0 aliphatic carbocycles. The molecule has 0 amide bonds. The molecule has 0 N–H and O–H groups in total. The third-order valence-corrected chi connectivity index (χ3v) is 4.77. The number of benzene rings is 1. The summed E-state index contributed by atoms with van der Waals surface area (Å²) in [7, 11) is 0. The Morgan fingerprint density at radius 1 is 1.26 bits per heavy atom. The van der Waals surface area contributed by atoms with E-state index in [0.29, 0.717) is 13.2 Å². The van der Waals surface area contributed by atoms with Gasteiger partial charge in [-0.05, 0) is 40.2 Å². The minimum absolute atomic E-state index is 0.126. The summed E-state index contributed by atoms with van der Waals surface area (Å²) in [6.45, 7) is 10.2. The molecule has 0 saturated carbocycles. The largest absolute Gasteiger partial charge is 0.459 e. The van der Waals surface area contributed by atoms with Gasteiger partial charge in [0.1, 0.15) is 17.6 Å². The Bertz CT molecular complexity index is 694. The average Bonchev–Trinajstić information content (AvgIpc) is 3.05. The average molecular weight is 375 g/mol. The van der Waals surface area contributed by atoms with Gasteiger partial charge < -0.3 is 14.2 Å². The molecule has 6 heteroatoms. The Morgan fingerprint density at radius 3 is 2.48 bits per heavy atom. The summed E-state index contributed by atoms with van der Waals surface area (Å²) in [6.07, 6.45) is -0.368. The minimum atomic E-state index is -0.865. The summed E-state index contributed by atoms with van der Waals surface area (Å²) in [5.74, 6) is -2.21. The van der Waals surface area contributed by atoms with Crippen LogP contribution in [0, 0.1) is 5.92 Å². The molecule has 0 unspecified atom stereocenters. The van der Waals surface area contributed by atoms with Crippen molar-refractivity contribution in [1.29, 1.82) is 0 Å². The van der Waals surface area contributed by atoms with E-state index in [4.69, 9.17) is 14.2 Å². The number of rotatable bonds is 4. The Labute approximate surface area is 160 Å². The molecule has 3 rings (SSSR count). The van der Waals surface area contributed by atoms with Gasteiger partial charge in [-0.2, -0.15) is 0 Å². The first-order chi connectivity index (χ1) is 12.6. The first-order valence-corrected chi connectivity index (χ1v) is 9.41. The zero-order chi connectivity index (χ0) is 19.8. The van der Waals surface area contributed by atoms with Crippen molar-refractivity contribution < 1.29 is 23.8 Å². The second-order valence-electron chi connectivity index (χ2n) is 8.73. The molecular formula is C21H29NO5. The first kappa shape index (κ1) is 20.0. The molecule has 2 aliphatic rings. The second-order valence-corrected chi connectivity index (χ2v) is 8.73. The van der Waals surface area contributed by atoms with E-state index in [-0.39, 0.29) is 18.4 Å². The monoisotopic (exact) mass is 375 g/mol. The molecule has 27 heavy (non-hydrogen) atoms. The van der Waals surface area contributed by atoms with Crippen molar-refractivity contribution in [2.75, 3.05) is 13.2 Å². The molecule has 0 spiro atoms. The predicted octanol–water partition coefficient (Wildman–Crippen LogP) is 2.55. The van der Waals surface area contributed by atoms with Gasteiger partial charge in [0.2, 0.25) is 0 Å². The third-order valence-electron chi connectivity index (χ3n) is 4.77. The standard InChI is InChI=1S/C21H29NO5/c1-20(2,3)27-19(24)17-15(23)12-22(11-14-9-7-6-8-10-14)18(17)16-13-25-21(4,5)26-16/h6-10,16-18H,11-13H2,1-5H3/t16-,17-,18+/m1/s1. The van der Waals surface area contributed by atoms with Gasteiger partial charge >= 0.3 is 5.97 Å². The van der Waals surface area contributed by atoms with E-state index >= 15 is 0 Å². The highest BCUT2D eigenvalue weighted by molar-refractivity contribution is 6.02. The van der Waals surface area contributed by atoms with Crippen LogP contribution in [-0.2, 0) is 30.3 Å². The number of ether oxygens (including phenoxy) is 3. The summed E-state index contributed by atoms with van der Waals surface area (Å²) >= 11 is 0. The Balaban J connectivity index is 1.87. The van der Waals surface area contributed by atoms with Crippen LogP contribution in [0.3, 0.4) is 0 Å². The molecule has 1 aromatic rings.